The van der Waals surface area contributed by atoms with Gasteiger partial charge in [-0.1, -0.05) is 30.3 Å². The second-order valence-electron chi connectivity index (χ2n) is 4.34. The van der Waals surface area contributed by atoms with Crippen LogP contribution in [-0.4, -0.2) is 14.7 Å². The van der Waals surface area contributed by atoms with E-state index in [9.17, 15) is 12.8 Å². The summed E-state index contributed by atoms with van der Waals surface area (Å²) in [7, 11) is -3.60. The van der Waals surface area contributed by atoms with Gasteiger partial charge in [-0.25, -0.2) is 18.2 Å². The number of benzene rings is 2. The molecule has 0 bridgehead atoms. The van der Waals surface area contributed by atoms with Gasteiger partial charge < -0.3 is 5.43 Å². The second-order valence-corrected chi connectivity index (χ2v) is 6.30. The van der Waals surface area contributed by atoms with Crippen molar-refractivity contribution < 1.29 is 12.8 Å². The molecule has 0 amide bonds. The Morgan fingerprint density at radius 3 is 2.40 bits per heavy atom. The molecule has 0 aliphatic heterocycles. The highest BCUT2D eigenvalue weighted by Crippen LogP contribution is 2.19. The van der Waals surface area contributed by atoms with E-state index in [2.05, 4.69) is 10.9 Å². The Bertz CT molecular complexity index is 688. The molecule has 0 aliphatic carbocycles. The number of halogens is 1. The Balaban J connectivity index is 2.13. The van der Waals surface area contributed by atoms with Crippen molar-refractivity contribution in [2.75, 3.05) is 11.7 Å². The van der Waals surface area contributed by atoms with Gasteiger partial charge in [-0.15, -0.1) is 0 Å². The van der Waals surface area contributed by atoms with Crippen LogP contribution in [0.4, 0.5) is 10.1 Å². The monoisotopic (exact) mass is 294 g/mol. The molecule has 0 atom stereocenters. The quantitative estimate of drug-likeness (QED) is 0.831. The van der Waals surface area contributed by atoms with Gasteiger partial charge in [0.2, 0.25) is 0 Å². The Labute approximate surface area is 117 Å². The van der Waals surface area contributed by atoms with Crippen molar-refractivity contribution in [3.05, 3.63) is 59.9 Å². The van der Waals surface area contributed by atoms with Gasteiger partial charge in [-0.2, -0.15) is 0 Å². The molecule has 0 aromatic heterocycles. The van der Waals surface area contributed by atoms with Gasteiger partial charge in [-0.3, -0.25) is 0 Å². The Hall–Kier alpha value is -1.92. The zero-order chi connectivity index (χ0) is 14.6. The van der Waals surface area contributed by atoms with Crippen LogP contribution in [0.25, 0.3) is 0 Å². The summed E-state index contributed by atoms with van der Waals surface area (Å²) in [5, 5.41) is 0. The van der Waals surface area contributed by atoms with E-state index in [4.69, 9.17) is 0 Å². The van der Waals surface area contributed by atoms with Crippen molar-refractivity contribution in [1.82, 2.24) is 5.43 Å². The molecule has 0 radical (unpaired) electrons. The van der Waals surface area contributed by atoms with E-state index < -0.39 is 15.7 Å². The number of para-hydroxylation sites is 1. The van der Waals surface area contributed by atoms with Crippen LogP contribution in [0.15, 0.2) is 53.4 Å². The largest absolute Gasteiger partial charge is 0.321 e. The van der Waals surface area contributed by atoms with Crippen LogP contribution in [0.3, 0.4) is 0 Å². The Kier molecular flexibility index (Phi) is 4.36. The summed E-state index contributed by atoms with van der Waals surface area (Å²) in [5.41, 5.74) is 7.02. The first kappa shape index (κ1) is 14.5. The van der Waals surface area contributed by atoms with Crippen molar-refractivity contribution in [2.45, 2.75) is 11.4 Å². The van der Waals surface area contributed by atoms with Crippen molar-refractivity contribution >= 4 is 15.5 Å². The molecule has 106 valence electrons. The third kappa shape index (κ3) is 3.55. The van der Waals surface area contributed by atoms with E-state index in [0.29, 0.717) is 5.56 Å². The molecule has 2 aromatic carbocycles. The highest BCUT2D eigenvalue weighted by Gasteiger charge is 2.18. The van der Waals surface area contributed by atoms with Gasteiger partial charge in [0.25, 0.3) is 0 Å². The number of hydrogen-bond acceptors (Lipinski definition) is 4. The molecule has 0 fully saturated rings. The van der Waals surface area contributed by atoms with Crippen molar-refractivity contribution in [2.24, 2.45) is 0 Å². The fourth-order valence-corrected chi connectivity index (χ4v) is 2.91. The lowest BCUT2D eigenvalue weighted by atomic mass is 10.2. The fraction of sp³-hybridized carbons (Fsp3) is 0.143. The lowest BCUT2D eigenvalue weighted by Gasteiger charge is -2.11. The van der Waals surface area contributed by atoms with Crippen LogP contribution in [0, 0.1) is 5.82 Å². The van der Waals surface area contributed by atoms with Crippen molar-refractivity contribution in [3.8, 4) is 0 Å². The maximum Gasteiger partial charge on any atom is 0.178 e. The third-order valence-corrected chi connectivity index (χ3v) is 3.90. The van der Waals surface area contributed by atoms with Crippen LogP contribution < -0.4 is 10.9 Å². The van der Waals surface area contributed by atoms with Gasteiger partial charge >= 0.3 is 0 Å². The Morgan fingerprint density at radius 1 is 1.05 bits per heavy atom. The second kappa shape index (κ2) is 6.02. The molecule has 0 saturated heterocycles. The third-order valence-electron chi connectivity index (χ3n) is 2.70. The van der Waals surface area contributed by atoms with E-state index in [-0.39, 0.29) is 11.4 Å². The standard InChI is InChI=1S/C14H15FN2O2S/c1-20(18,19)14-11(6-5-9-13(14)15)10-16-17-12-7-3-2-4-8-12/h2-9,16-17H,10H2,1H3. The smallest absolute Gasteiger partial charge is 0.178 e. The van der Waals surface area contributed by atoms with Crippen LogP contribution in [0.1, 0.15) is 5.56 Å². The zero-order valence-electron chi connectivity index (χ0n) is 10.9. The van der Waals surface area contributed by atoms with Gasteiger partial charge in [0, 0.05) is 18.5 Å². The molecule has 0 saturated carbocycles. The molecule has 0 aliphatic rings. The minimum absolute atomic E-state index is 0.190. The van der Waals surface area contributed by atoms with Crippen LogP contribution in [0.5, 0.6) is 0 Å². The summed E-state index contributed by atoms with van der Waals surface area (Å²) in [4.78, 5) is -0.262. The van der Waals surface area contributed by atoms with Crippen LogP contribution in [0.2, 0.25) is 0 Å². The minimum Gasteiger partial charge on any atom is -0.321 e. The van der Waals surface area contributed by atoms with E-state index in [1.54, 1.807) is 6.07 Å². The maximum atomic E-state index is 13.7. The van der Waals surface area contributed by atoms with Gasteiger partial charge in [0.05, 0.1) is 0 Å². The number of sulfone groups is 1. The van der Waals surface area contributed by atoms with Crippen molar-refractivity contribution in [1.29, 1.82) is 0 Å². The SMILES string of the molecule is CS(=O)(=O)c1c(F)cccc1CNNc1ccccc1. The van der Waals surface area contributed by atoms with E-state index in [0.717, 1.165) is 18.0 Å². The number of nitrogens with one attached hydrogen (secondary N) is 2. The number of hydrogen-bond donors (Lipinski definition) is 2. The minimum atomic E-state index is -3.60. The molecular formula is C14H15FN2O2S. The summed E-state index contributed by atoms with van der Waals surface area (Å²) < 4.78 is 36.9. The average Bonchev–Trinajstić information content (AvgIpc) is 2.38. The molecule has 2 rings (SSSR count). The predicted molar refractivity (Wildman–Crippen MR) is 76.4 cm³/mol. The molecule has 0 unspecified atom stereocenters. The van der Waals surface area contributed by atoms with Gasteiger partial charge in [0.1, 0.15) is 10.7 Å². The first-order valence-electron chi connectivity index (χ1n) is 6.00. The summed E-state index contributed by atoms with van der Waals surface area (Å²) in [5.74, 6) is -0.730. The molecule has 0 spiro atoms. The van der Waals surface area contributed by atoms with Gasteiger partial charge in [-0.05, 0) is 23.8 Å². The topological polar surface area (TPSA) is 58.2 Å². The first-order valence-corrected chi connectivity index (χ1v) is 7.89. The number of anilines is 1. The number of hydrazine groups is 1. The highest BCUT2D eigenvalue weighted by molar-refractivity contribution is 7.90. The zero-order valence-corrected chi connectivity index (χ0v) is 11.7. The molecule has 6 heteroatoms. The summed E-state index contributed by atoms with van der Waals surface area (Å²) in [6, 6.07) is 13.6. The first-order chi connectivity index (χ1) is 9.48. The van der Waals surface area contributed by atoms with Crippen molar-refractivity contribution in [3.63, 3.8) is 0 Å². The molecular weight excluding hydrogens is 279 g/mol. The molecule has 2 aromatic rings. The summed E-state index contributed by atoms with van der Waals surface area (Å²) in [6.45, 7) is 0.190. The van der Waals surface area contributed by atoms with E-state index >= 15 is 0 Å². The maximum absolute atomic E-state index is 13.7. The highest BCUT2D eigenvalue weighted by atomic mass is 32.2. The molecule has 2 N–H and O–H groups in total. The van der Waals surface area contributed by atoms with E-state index in [1.807, 2.05) is 30.3 Å². The molecule has 0 heterocycles. The fourth-order valence-electron chi connectivity index (χ4n) is 1.87. The summed E-state index contributed by atoms with van der Waals surface area (Å²) >= 11 is 0. The average molecular weight is 294 g/mol. The van der Waals surface area contributed by atoms with E-state index in [1.165, 1.54) is 6.07 Å². The molecule has 4 nitrogen and oxygen atoms in total. The number of rotatable bonds is 5. The Morgan fingerprint density at radius 2 is 1.75 bits per heavy atom. The lowest BCUT2D eigenvalue weighted by Crippen LogP contribution is -2.22. The van der Waals surface area contributed by atoms with Crippen LogP contribution >= 0.6 is 0 Å². The molecule has 20 heavy (non-hydrogen) atoms. The summed E-state index contributed by atoms with van der Waals surface area (Å²) in [6.07, 6.45) is 1.000. The van der Waals surface area contributed by atoms with Crippen LogP contribution in [-0.2, 0) is 16.4 Å². The normalized spacial score (nSPS) is 11.3. The predicted octanol–water partition coefficient (Wildman–Crippen LogP) is 2.35. The lowest BCUT2D eigenvalue weighted by molar-refractivity contribution is 0.564. The van der Waals surface area contributed by atoms with Gasteiger partial charge in [0.15, 0.2) is 9.84 Å².